The molecule has 0 spiro atoms. The van der Waals surface area contributed by atoms with Gasteiger partial charge in [-0.3, -0.25) is 4.79 Å². The molecule has 2 N–H and O–H groups in total. The first kappa shape index (κ1) is 14.3. The van der Waals surface area contributed by atoms with Gasteiger partial charge in [-0.1, -0.05) is 19.1 Å². The van der Waals surface area contributed by atoms with Gasteiger partial charge in [0.2, 0.25) is 0 Å². The summed E-state index contributed by atoms with van der Waals surface area (Å²) >= 11 is 0. The predicted molar refractivity (Wildman–Crippen MR) is 79.8 cm³/mol. The molecule has 0 fully saturated rings. The van der Waals surface area contributed by atoms with Gasteiger partial charge >= 0.3 is 0 Å². The van der Waals surface area contributed by atoms with E-state index in [0.717, 1.165) is 24.2 Å². The van der Waals surface area contributed by atoms with Crippen LogP contribution in [0, 0.1) is 0 Å². The van der Waals surface area contributed by atoms with Crippen LogP contribution in [0.25, 0.3) is 0 Å². The fourth-order valence-corrected chi connectivity index (χ4v) is 1.96. The first-order valence-electron chi connectivity index (χ1n) is 6.87. The van der Waals surface area contributed by atoms with Crippen molar-refractivity contribution in [2.75, 3.05) is 11.9 Å². The normalized spacial score (nSPS) is 12.1. The van der Waals surface area contributed by atoms with Gasteiger partial charge in [0.25, 0.3) is 5.91 Å². The second-order valence-electron chi connectivity index (χ2n) is 4.77. The Balaban J connectivity index is 2.04. The summed E-state index contributed by atoms with van der Waals surface area (Å²) in [6.07, 6.45) is 4.02. The molecule has 0 aliphatic heterocycles. The Morgan fingerprint density at radius 2 is 2.20 bits per heavy atom. The molecule has 0 saturated carbocycles. The highest BCUT2D eigenvalue weighted by atomic mass is 16.3. The predicted octanol–water partition coefficient (Wildman–Crippen LogP) is 3.59. The van der Waals surface area contributed by atoms with E-state index in [1.54, 1.807) is 6.07 Å². The number of benzene rings is 1. The Kier molecular flexibility index (Phi) is 4.96. The van der Waals surface area contributed by atoms with Crippen molar-refractivity contribution in [3.63, 3.8) is 0 Å². The van der Waals surface area contributed by atoms with Gasteiger partial charge < -0.3 is 15.1 Å². The smallest absolute Gasteiger partial charge is 0.258 e. The summed E-state index contributed by atoms with van der Waals surface area (Å²) in [6.45, 7) is 5.24. The van der Waals surface area contributed by atoms with Crippen LogP contribution in [0.2, 0.25) is 0 Å². The lowest BCUT2D eigenvalue weighted by Crippen LogP contribution is -2.19. The van der Waals surface area contributed by atoms with Crippen LogP contribution in [0.1, 0.15) is 42.2 Å². The van der Waals surface area contributed by atoms with Gasteiger partial charge in [0, 0.05) is 11.7 Å². The minimum absolute atomic E-state index is 0.162. The van der Waals surface area contributed by atoms with Gasteiger partial charge in [0.1, 0.15) is 6.26 Å². The molecule has 1 amide bonds. The van der Waals surface area contributed by atoms with Crippen molar-refractivity contribution in [2.24, 2.45) is 0 Å². The van der Waals surface area contributed by atoms with Crippen LogP contribution in [0.15, 0.2) is 47.3 Å². The number of anilines is 1. The van der Waals surface area contributed by atoms with E-state index < -0.39 is 0 Å². The molecule has 106 valence electrons. The monoisotopic (exact) mass is 272 g/mol. The fraction of sp³-hybridized carbons (Fsp3) is 0.312. The molecule has 0 radical (unpaired) electrons. The molecular formula is C16H20N2O2. The molecule has 0 bridgehead atoms. The van der Waals surface area contributed by atoms with E-state index >= 15 is 0 Å². The van der Waals surface area contributed by atoms with E-state index in [4.69, 9.17) is 4.42 Å². The third kappa shape index (κ3) is 3.71. The largest absolute Gasteiger partial charge is 0.472 e. The molecule has 0 aliphatic carbocycles. The lowest BCUT2D eigenvalue weighted by atomic mass is 10.1. The maximum Gasteiger partial charge on any atom is 0.258 e. The summed E-state index contributed by atoms with van der Waals surface area (Å²) in [5.41, 5.74) is 2.47. The summed E-state index contributed by atoms with van der Waals surface area (Å²) in [7, 11) is 0. The molecule has 0 saturated heterocycles. The molecule has 4 heteroatoms. The van der Waals surface area contributed by atoms with Crippen LogP contribution in [0.5, 0.6) is 0 Å². The summed E-state index contributed by atoms with van der Waals surface area (Å²) in [5.74, 6) is -0.162. The SMILES string of the molecule is CCCNC(C)c1cccc(NC(=O)c2ccoc2)c1. The maximum absolute atomic E-state index is 11.9. The molecule has 0 aliphatic rings. The van der Waals surface area contributed by atoms with Gasteiger partial charge in [-0.05, 0) is 43.7 Å². The highest BCUT2D eigenvalue weighted by molar-refractivity contribution is 6.04. The lowest BCUT2D eigenvalue weighted by molar-refractivity contribution is 0.102. The van der Waals surface area contributed by atoms with E-state index in [1.165, 1.54) is 12.5 Å². The molecule has 1 aromatic carbocycles. The fourth-order valence-electron chi connectivity index (χ4n) is 1.96. The van der Waals surface area contributed by atoms with Crippen LogP contribution in [0.3, 0.4) is 0 Å². The van der Waals surface area contributed by atoms with Gasteiger partial charge in [-0.25, -0.2) is 0 Å². The molecule has 2 rings (SSSR count). The van der Waals surface area contributed by atoms with Crippen LogP contribution in [-0.4, -0.2) is 12.5 Å². The minimum atomic E-state index is -0.162. The zero-order valence-electron chi connectivity index (χ0n) is 11.8. The Morgan fingerprint density at radius 1 is 1.35 bits per heavy atom. The molecule has 2 aromatic rings. The van der Waals surface area contributed by atoms with E-state index in [0.29, 0.717) is 5.56 Å². The summed E-state index contributed by atoms with van der Waals surface area (Å²) in [4.78, 5) is 11.9. The van der Waals surface area contributed by atoms with Gasteiger partial charge in [-0.15, -0.1) is 0 Å². The number of carbonyl (C=O) groups is 1. The number of amides is 1. The van der Waals surface area contributed by atoms with Gasteiger partial charge in [0.15, 0.2) is 0 Å². The highest BCUT2D eigenvalue weighted by Gasteiger charge is 2.09. The maximum atomic E-state index is 11.9. The zero-order valence-corrected chi connectivity index (χ0v) is 11.8. The third-order valence-corrected chi connectivity index (χ3v) is 3.13. The van der Waals surface area contributed by atoms with Crippen LogP contribution in [0.4, 0.5) is 5.69 Å². The Morgan fingerprint density at radius 3 is 2.90 bits per heavy atom. The van der Waals surface area contributed by atoms with Crippen molar-refractivity contribution in [1.29, 1.82) is 0 Å². The average molecular weight is 272 g/mol. The van der Waals surface area contributed by atoms with Crippen molar-refractivity contribution in [3.05, 3.63) is 54.0 Å². The van der Waals surface area contributed by atoms with Crippen molar-refractivity contribution in [2.45, 2.75) is 26.3 Å². The number of hydrogen-bond acceptors (Lipinski definition) is 3. The van der Waals surface area contributed by atoms with Crippen molar-refractivity contribution in [3.8, 4) is 0 Å². The summed E-state index contributed by atoms with van der Waals surface area (Å²) in [6, 6.07) is 9.79. The number of hydrogen-bond donors (Lipinski definition) is 2. The Bertz CT molecular complexity index is 549. The molecule has 1 atom stereocenters. The summed E-state index contributed by atoms with van der Waals surface area (Å²) < 4.78 is 4.91. The topological polar surface area (TPSA) is 54.3 Å². The minimum Gasteiger partial charge on any atom is -0.472 e. The average Bonchev–Trinajstić information content (AvgIpc) is 2.99. The number of rotatable bonds is 6. The van der Waals surface area contributed by atoms with Crippen molar-refractivity contribution < 1.29 is 9.21 Å². The second kappa shape index (κ2) is 6.91. The molecule has 4 nitrogen and oxygen atoms in total. The zero-order chi connectivity index (χ0) is 14.4. The molecule has 1 aromatic heterocycles. The number of nitrogens with one attached hydrogen (secondary N) is 2. The molecule has 20 heavy (non-hydrogen) atoms. The van der Waals surface area contributed by atoms with Crippen LogP contribution >= 0.6 is 0 Å². The molecule has 1 heterocycles. The van der Waals surface area contributed by atoms with Crippen molar-refractivity contribution in [1.82, 2.24) is 5.32 Å². The Hall–Kier alpha value is -2.07. The first-order chi connectivity index (χ1) is 9.70. The number of furan rings is 1. The Labute approximate surface area is 119 Å². The standard InChI is InChI=1S/C16H20N2O2/c1-3-8-17-12(2)13-5-4-6-15(10-13)18-16(19)14-7-9-20-11-14/h4-7,9-12,17H,3,8H2,1-2H3,(H,18,19). The second-order valence-corrected chi connectivity index (χ2v) is 4.77. The van der Waals surface area contributed by atoms with E-state index in [-0.39, 0.29) is 11.9 Å². The van der Waals surface area contributed by atoms with Gasteiger partial charge in [-0.2, -0.15) is 0 Å². The number of carbonyl (C=O) groups excluding carboxylic acids is 1. The van der Waals surface area contributed by atoms with E-state index in [1.807, 2.05) is 18.2 Å². The first-order valence-corrected chi connectivity index (χ1v) is 6.87. The van der Waals surface area contributed by atoms with Crippen LogP contribution in [-0.2, 0) is 0 Å². The van der Waals surface area contributed by atoms with E-state index in [9.17, 15) is 4.79 Å². The summed E-state index contributed by atoms with van der Waals surface area (Å²) in [5, 5.41) is 6.30. The van der Waals surface area contributed by atoms with Gasteiger partial charge in [0.05, 0.1) is 11.8 Å². The third-order valence-electron chi connectivity index (χ3n) is 3.13. The molecule has 1 unspecified atom stereocenters. The lowest BCUT2D eigenvalue weighted by Gasteiger charge is -2.15. The van der Waals surface area contributed by atoms with Crippen LogP contribution < -0.4 is 10.6 Å². The quantitative estimate of drug-likeness (QED) is 0.845. The highest BCUT2D eigenvalue weighted by Crippen LogP contribution is 2.18. The van der Waals surface area contributed by atoms with E-state index in [2.05, 4.69) is 30.5 Å². The molecular weight excluding hydrogens is 252 g/mol. The van der Waals surface area contributed by atoms with Crippen molar-refractivity contribution >= 4 is 11.6 Å².